The van der Waals surface area contributed by atoms with E-state index >= 15 is 0 Å². The van der Waals surface area contributed by atoms with E-state index in [0.717, 1.165) is 16.7 Å². The van der Waals surface area contributed by atoms with Crippen LogP contribution in [0.3, 0.4) is 0 Å². The first-order valence-corrected chi connectivity index (χ1v) is 11.6. The van der Waals surface area contributed by atoms with Gasteiger partial charge in [-0.3, -0.25) is 14.4 Å². The first kappa shape index (κ1) is 25.5. The zero-order chi connectivity index (χ0) is 25.0. The third-order valence-corrected chi connectivity index (χ3v) is 5.55. The molecule has 35 heavy (non-hydrogen) atoms. The fourth-order valence-electron chi connectivity index (χ4n) is 3.55. The van der Waals surface area contributed by atoms with E-state index in [1.807, 2.05) is 91.9 Å². The Labute approximate surface area is 205 Å². The van der Waals surface area contributed by atoms with Gasteiger partial charge in [0.1, 0.15) is 18.4 Å². The summed E-state index contributed by atoms with van der Waals surface area (Å²) in [5.74, 6) is -0.574. The van der Waals surface area contributed by atoms with E-state index in [1.165, 1.54) is 0 Å². The largest absolute Gasteiger partial charge is 0.489 e. The van der Waals surface area contributed by atoms with Gasteiger partial charge < -0.3 is 21.1 Å². The molecule has 3 amide bonds. The van der Waals surface area contributed by atoms with Crippen molar-refractivity contribution in [3.05, 3.63) is 102 Å². The molecule has 0 saturated carbocycles. The number of primary amides is 1. The van der Waals surface area contributed by atoms with Gasteiger partial charge in [-0.1, -0.05) is 72.8 Å². The van der Waals surface area contributed by atoms with Gasteiger partial charge in [0.05, 0.1) is 6.04 Å². The molecule has 0 bridgehead atoms. The lowest BCUT2D eigenvalue weighted by Crippen LogP contribution is -2.46. The monoisotopic (exact) mass is 473 g/mol. The van der Waals surface area contributed by atoms with Gasteiger partial charge in [0.2, 0.25) is 17.7 Å². The Morgan fingerprint density at radius 2 is 1.34 bits per heavy atom. The van der Waals surface area contributed by atoms with Crippen molar-refractivity contribution in [2.24, 2.45) is 5.73 Å². The molecule has 2 atom stereocenters. The molecule has 0 aromatic heterocycles. The fraction of sp³-hybridized carbons (Fsp3) is 0.250. The molecule has 0 aliphatic carbocycles. The molecule has 3 aromatic carbocycles. The molecule has 3 aromatic rings. The van der Waals surface area contributed by atoms with Crippen LogP contribution in [0.1, 0.15) is 42.5 Å². The first-order chi connectivity index (χ1) is 16.9. The standard InChI is InChI=1S/C28H31N3O4/c1-20(23-10-6-3-7-11-23)30-26(32)16-17-27(33)31-25(28(29)34)18-21-12-14-24(15-13-21)35-19-22-8-4-2-5-9-22/h2-15,20,25H,16-19H2,1H3,(H2,29,34)(H,30,32)(H,31,33)/t20-,25-/m1/s1. The van der Waals surface area contributed by atoms with Crippen LogP contribution in [-0.4, -0.2) is 23.8 Å². The fourth-order valence-corrected chi connectivity index (χ4v) is 3.55. The van der Waals surface area contributed by atoms with E-state index in [-0.39, 0.29) is 31.2 Å². The van der Waals surface area contributed by atoms with Gasteiger partial charge in [-0.2, -0.15) is 0 Å². The minimum Gasteiger partial charge on any atom is -0.489 e. The van der Waals surface area contributed by atoms with Gasteiger partial charge in [0.15, 0.2) is 0 Å². The quantitative estimate of drug-likeness (QED) is 0.374. The number of hydrogen-bond acceptors (Lipinski definition) is 4. The maximum absolute atomic E-state index is 12.4. The summed E-state index contributed by atoms with van der Waals surface area (Å²) in [6.45, 7) is 2.34. The van der Waals surface area contributed by atoms with Crippen molar-refractivity contribution in [3.8, 4) is 5.75 Å². The zero-order valence-corrected chi connectivity index (χ0v) is 19.8. The second-order valence-electron chi connectivity index (χ2n) is 8.34. The molecule has 0 radical (unpaired) electrons. The summed E-state index contributed by atoms with van der Waals surface area (Å²) in [7, 11) is 0. The lowest BCUT2D eigenvalue weighted by Gasteiger charge is -2.17. The van der Waals surface area contributed by atoms with Gasteiger partial charge >= 0.3 is 0 Å². The Morgan fingerprint density at radius 1 is 0.771 bits per heavy atom. The number of nitrogens with one attached hydrogen (secondary N) is 2. The van der Waals surface area contributed by atoms with Crippen LogP contribution >= 0.6 is 0 Å². The topological polar surface area (TPSA) is 111 Å². The van der Waals surface area contributed by atoms with Crippen molar-refractivity contribution in [2.75, 3.05) is 0 Å². The normalized spacial score (nSPS) is 12.3. The van der Waals surface area contributed by atoms with Crippen molar-refractivity contribution < 1.29 is 19.1 Å². The predicted octanol–water partition coefficient (Wildman–Crippen LogP) is 3.44. The summed E-state index contributed by atoms with van der Waals surface area (Å²) in [6.07, 6.45) is 0.225. The maximum Gasteiger partial charge on any atom is 0.240 e. The van der Waals surface area contributed by atoms with E-state index in [9.17, 15) is 14.4 Å². The van der Waals surface area contributed by atoms with Gasteiger partial charge in [0.25, 0.3) is 0 Å². The van der Waals surface area contributed by atoms with E-state index in [0.29, 0.717) is 12.4 Å². The minimum atomic E-state index is -0.870. The highest BCUT2D eigenvalue weighted by molar-refractivity contribution is 5.88. The van der Waals surface area contributed by atoms with Gasteiger partial charge in [0, 0.05) is 19.3 Å². The molecule has 0 heterocycles. The number of nitrogens with two attached hydrogens (primary N) is 1. The van der Waals surface area contributed by atoms with Crippen molar-refractivity contribution in [3.63, 3.8) is 0 Å². The van der Waals surface area contributed by atoms with E-state index in [4.69, 9.17) is 10.5 Å². The van der Waals surface area contributed by atoms with Gasteiger partial charge in [-0.15, -0.1) is 0 Å². The summed E-state index contributed by atoms with van der Waals surface area (Å²) in [5, 5.41) is 5.51. The van der Waals surface area contributed by atoms with Crippen molar-refractivity contribution in [1.82, 2.24) is 10.6 Å². The van der Waals surface area contributed by atoms with Crippen molar-refractivity contribution >= 4 is 17.7 Å². The average molecular weight is 474 g/mol. The maximum atomic E-state index is 12.4. The van der Waals surface area contributed by atoms with Crippen LogP contribution in [0.15, 0.2) is 84.9 Å². The highest BCUT2D eigenvalue weighted by Gasteiger charge is 2.19. The Hall–Kier alpha value is -4.13. The minimum absolute atomic E-state index is 0.0158. The SMILES string of the molecule is C[C@@H](NC(=O)CCC(=O)N[C@H](Cc1ccc(OCc2ccccc2)cc1)C(N)=O)c1ccccc1. The summed E-state index contributed by atoms with van der Waals surface area (Å²) < 4.78 is 5.77. The summed E-state index contributed by atoms with van der Waals surface area (Å²) >= 11 is 0. The predicted molar refractivity (Wildman–Crippen MR) is 134 cm³/mol. The van der Waals surface area contributed by atoms with Gasteiger partial charge in [-0.05, 0) is 35.7 Å². The Balaban J connectivity index is 1.44. The number of ether oxygens (including phenoxy) is 1. The Bertz CT molecular complexity index is 1100. The molecule has 3 rings (SSSR count). The molecule has 0 fully saturated rings. The second-order valence-corrected chi connectivity index (χ2v) is 8.34. The van der Waals surface area contributed by atoms with Crippen LogP contribution in [0.4, 0.5) is 0 Å². The van der Waals surface area contributed by atoms with Crippen LogP contribution in [0.2, 0.25) is 0 Å². The van der Waals surface area contributed by atoms with E-state index in [1.54, 1.807) is 0 Å². The molecular weight excluding hydrogens is 442 g/mol. The van der Waals surface area contributed by atoms with Crippen LogP contribution in [0.25, 0.3) is 0 Å². The number of hydrogen-bond donors (Lipinski definition) is 3. The molecule has 7 heteroatoms. The lowest BCUT2D eigenvalue weighted by molar-refractivity contribution is -0.129. The third kappa shape index (κ3) is 8.62. The summed E-state index contributed by atoms with van der Waals surface area (Å²) in [5.41, 5.74) is 8.38. The summed E-state index contributed by atoms with van der Waals surface area (Å²) in [6, 6.07) is 25.7. The van der Waals surface area contributed by atoms with Crippen molar-refractivity contribution in [1.29, 1.82) is 0 Å². The Morgan fingerprint density at radius 3 is 1.94 bits per heavy atom. The van der Waals surface area contributed by atoms with Crippen LogP contribution < -0.4 is 21.1 Å². The molecule has 0 aliphatic heterocycles. The first-order valence-electron chi connectivity index (χ1n) is 11.6. The number of rotatable bonds is 12. The van der Waals surface area contributed by atoms with Crippen molar-refractivity contribution in [2.45, 2.75) is 44.9 Å². The van der Waals surface area contributed by atoms with Crippen LogP contribution in [0, 0.1) is 0 Å². The number of benzene rings is 3. The second kappa shape index (κ2) is 12.9. The Kier molecular flexibility index (Phi) is 9.42. The zero-order valence-electron chi connectivity index (χ0n) is 19.8. The average Bonchev–Trinajstić information content (AvgIpc) is 2.87. The third-order valence-electron chi connectivity index (χ3n) is 5.55. The highest BCUT2D eigenvalue weighted by atomic mass is 16.5. The molecule has 0 saturated heterocycles. The molecule has 4 N–H and O–H groups in total. The summed E-state index contributed by atoms with van der Waals surface area (Å²) in [4.78, 5) is 36.5. The molecule has 0 spiro atoms. The van der Waals surface area contributed by atoms with E-state index in [2.05, 4.69) is 10.6 Å². The molecule has 0 aliphatic rings. The van der Waals surface area contributed by atoms with Crippen LogP contribution in [-0.2, 0) is 27.4 Å². The highest BCUT2D eigenvalue weighted by Crippen LogP contribution is 2.16. The molecule has 182 valence electrons. The lowest BCUT2D eigenvalue weighted by atomic mass is 10.0. The van der Waals surface area contributed by atoms with Crippen LogP contribution in [0.5, 0.6) is 5.75 Å². The number of amides is 3. The smallest absolute Gasteiger partial charge is 0.240 e. The number of carbonyl (C=O) groups excluding carboxylic acids is 3. The van der Waals surface area contributed by atoms with Gasteiger partial charge in [-0.25, -0.2) is 0 Å². The van der Waals surface area contributed by atoms with E-state index < -0.39 is 17.9 Å². The molecule has 7 nitrogen and oxygen atoms in total. The molecular formula is C28H31N3O4. The molecule has 0 unspecified atom stereocenters. The number of carbonyl (C=O) groups is 3.